The third-order valence-corrected chi connectivity index (χ3v) is 3.92. The number of hydrogen-bond donors (Lipinski definition) is 2. The summed E-state index contributed by atoms with van der Waals surface area (Å²) >= 11 is 0. The Kier molecular flexibility index (Phi) is 3.66. The predicted octanol–water partition coefficient (Wildman–Crippen LogP) is 0.308. The van der Waals surface area contributed by atoms with Crippen LogP contribution in [0.4, 0.5) is 0 Å². The molecule has 0 spiro atoms. The lowest BCUT2D eigenvalue weighted by Crippen LogP contribution is -2.46. The van der Waals surface area contributed by atoms with Crippen LogP contribution in [-0.4, -0.2) is 47.6 Å². The second-order valence-corrected chi connectivity index (χ2v) is 5.10. The molecule has 96 valence electrons. The van der Waals surface area contributed by atoms with Crippen LogP contribution in [0.15, 0.2) is 0 Å². The summed E-state index contributed by atoms with van der Waals surface area (Å²) in [4.78, 5) is 25.0. The zero-order valence-corrected chi connectivity index (χ0v) is 10.2. The maximum Gasteiger partial charge on any atom is 0.308 e. The molecule has 3 atom stereocenters. The molecule has 2 N–H and O–H groups in total. The molecule has 0 aliphatic carbocycles. The lowest BCUT2D eigenvalue weighted by atomic mass is 9.94. The summed E-state index contributed by atoms with van der Waals surface area (Å²) in [6.45, 7) is 4.01. The van der Waals surface area contributed by atoms with Crippen molar-refractivity contribution in [3.05, 3.63) is 0 Å². The van der Waals surface area contributed by atoms with Crippen LogP contribution in [0.5, 0.6) is 0 Å². The van der Waals surface area contributed by atoms with Crippen LogP contribution in [0.2, 0.25) is 0 Å². The van der Waals surface area contributed by atoms with Gasteiger partial charge in [-0.25, -0.2) is 0 Å². The molecule has 2 saturated heterocycles. The fourth-order valence-corrected chi connectivity index (χ4v) is 2.81. The molecule has 0 aromatic rings. The number of carbonyl (C=O) groups excluding carboxylic acids is 1. The van der Waals surface area contributed by atoms with Crippen molar-refractivity contribution >= 4 is 11.9 Å². The number of carbonyl (C=O) groups is 2. The Bertz CT molecular complexity index is 319. The zero-order valence-electron chi connectivity index (χ0n) is 10.2. The third kappa shape index (κ3) is 2.60. The maximum absolute atomic E-state index is 12.3. The second-order valence-electron chi connectivity index (χ2n) is 5.10. The number of carboxylic acids is 1. The maximum atomic E-state index is 12.3. The van der Waals surface area contributed by atoms with Gasteiger partial charge in [0.05, 0.1) is 11.8 Å². The van der Waals surface area contributed by atoms with Gasteiger partial charge in [-0.1, -0.05) is 0 Å². The quantitative estimate of drug-likeness (QED) is 0.728. The molecule has 0 aromatic heterocycles. The molecule has 17 heavy (non-hydrogen) atoms. The van der Waals surface area contributed by atoms with E-state index in [2.05, 4.69) is 5.32 Å². The van der Waals surface area contributed by atoms with E-state index in [9.17, 15) is 9.59 Å². The van der Waals surface area contributed by atoms with Gasteiger partial charge in [0.2, 0.25) is 5.91 Å². The van der Waals surface area contributed by atoms with E-state index < -0.39 is 5.97 Å². The summed E-state index contributed by atoms with van der Waals surface area (Å²) in [5, 5.41) is 12.3. The number of rotatable bonds is 2. The number of carboxylic acid groups (broad SMARTS) is 1. The third-order valence-electron chi connectivity index (χ3n) is 3.92. The van der Waals surface area contributed by atoms with Gasteiger partial charge < -0.3 is 15.3 Å². The minimum absolute atomic E-state index is 0.0301. The Morgan fingerprint density at radius 3 is 2.71 bits per heavy atom. The van der Waals surface area contributed by atoms with Crippen molar-refractivity contribution in [3.63, 3.8) is 0 Å². The number of piperidine rings is 1. The number of amides is 1. The van der Waals surface area contributed by atoms with Crippen molar-refractivity contribution in [2.45, 2.75) is 32.2 Å². The van der Waals surface area contributed by atoms with Crippen molar-refractivity contribution in [2.75, 3.05) is 19.6 Å². The number of hydrogen-bond acceptors (Lipinski definition) is 3. The van der Waals surface area contributed by atoms with Crippen molar-refractivity contribution in [2.24, 2.45) is 11.8 Å². The average Bonchev–Trinajstić information content (AvgIpc) is 2.74. The lowest BCUT2D eigenvalue weighted by Gasteiger charge is -2.33. The first kappa shape index (κ1) is 12.4. The highest BCUT2D eigenvalue weighted by atomic mass is 16.4. The van der Waals surface area contributed by atoms with Crippen LogP contribution in [0.25, 0.3) is 0 Å². The second kappa shape index (κ2) is 5.04. The van der Waals surface area contributed by atoms with Gasteiger partial charge in [-0.2, -0.15) is 0 Å². The highest BCUT2D eigenvalue weighted by Crippen LogP contribution is 2.23. The van der Waals surface area contributed by atoms with Gasteiger partial charge in [0.25, 0.3) is 0 Å². The van der Waals surface area contributed by atoms with E-state index in [4.69, 9.17) is 5.11 Å². The summed E-state index contributed by atoms with van der Waals surface area (Å²) in [5.74, 6) is -0.992. The summed E-state index contributed by atoms with van der Waals surface area (Å²) < 4.78 is 0. The molecule has 2 heterocycles. The molecule has 0 saturated carbocycles. The van der Waals surface area contributed by atoms with Gasteiger partial charge in [0.1, 0.15) is 0 Å². The topological polar surface area (TPSA) is 69.6 Å². The Morgan fingerprint density at radius 1 is 1.35 bits per heavy atom. The number of nitrogens with zero attached hydrogens (tertiary/aromatic N) is 1. The van der Waals surface area contributed by atoms with Crippen LogP contribution in [0.1, 0.15) is 26.2 Å². The van der Waals surface area contributed by atoms with Gasteiger partial charge in [0, 0.05) is 19.1 Å². The zero-order chi connectivity index (χ0) is 12.4. The average molecular weight is 240 g/mol. The molecule has 3 unspecified atom stereocenters. The first-order chi connectivity index (χ1) is 8.09. The largest absolute Gasteiger partial charge is 0.481 e. The van der Waals surface area contributed by atoms with E-state index in [1.54, 1.807) is 4.90 Å². The van der Waals surface area contributed by atoms with Crippen molar-refractivity contribution < 1.29 is 14.7 Å². The summed E-state index contributed by atoms with van der Waals surface area (Å²) in [6.07, 6.45) is 2.36. The number of likely N-dealkylation sites (tertiary alicyclic amines) is 1. The normalized spacial score (nSPS) is 33.7. The molecule has 2 aliphatic rings. The predicted molar refractivity (Wildman–Crippen MR) is 62.5 cm³/mol. The molecule has 2 fully saturated rings. The SMILES string of the molecule is CC1NCCC1C(=O)N1CCCC(C(=O)O)C1. The van der Waals surface area contributed by atoms with Gasteiger partial charge >= 0.3 is 5.97 Å². The molecule has 2 aliphatic heterocycles. The van der Waals surface area contributed by atoms with E-state index in [1.807, 2.05) is 6.92 Å². The van der Waals surface area contributed by atoms with Gasteiger partial charge in [-0.3, -0.25) is 9.59 Å². The molecule has 0 aromatic carbocycles. The standard InChI is InChI=1S/C12H20N2O3/c1-8-10(4-5-13-8)11(15)14-6-2-3-9(7-14)12(16)17/h8-10,13H,2-7H2,1H3,(H,16,17). The van der Waals surface area contributed by atoms with Crippen molar-refractivity contribution in [3.8, 4) is 0 Å². The van der Waals surface area contributed by atoms with Crippen molar-refractivity contribution in [1.82, 2.24) is 10.2 Å². The van der Waals surface area contributed by atoms with E-state index in [0.717, 1.165) is 19.4 Å². The summed E-state index contributed by atoms with van der Waals surface area (Å²) in [5.41, 5.74) is 0. The fraction of sp³-hybridized carbons (Fsp3) is 0.833. The summed E-state index contributed by atoms with van der Waals surface area (Å²) in [7, 11) is 0. The highest BCUT2D eigenvalue weighted by Gasteiger charge is 2.35. The molecular weight excluding hydrogens is 220 g/mol. The molecule has 1 amide bonds. The first-order valence-corrected chi connectivity index (χ1v) is 6.34. The van der Waals surface area contributed by atoms with E-state index in [0.29, 0.717) is 19.5 Å². The molecule has 0 radical (unpaired) electrons. The first-order valence-electron chi connectivity index (χ1n) is 6.34. The monoisotopic (exact) mass is 240 g/mol. The minimum Gasteiger partial charge on any atom is -0.481 e. The summed E-state index contributed by atoms with van der Waals surface area (Å²) in [6, 6.07) is 0.215. The van der Waals surface area contributed by atoms with Crippen LogP contribution < -0.4 is 5.32 Å². The highest BCUT2D eigenvalue weighted by molar-refractivity contribution is 5.81. The Labute approximate surface area is 101 Å². The lowest BCUT2D eigenvalue weighted by molar-refractivity contribution is -0.146. The van der Waals surface area contributed by atoms with E-state index >= 15 is 0 Å². The molecular formula is C12H20N2O3. The van der Waals surface area contributed by atoms with E-state index in [1.165, 1.54) is 0 Å². The van der Waals surface area contributed by atoms with E-state index in [-0.39, 0.29) is 23.8 Å². The number of aliphatic carboxylic acids is 1. The smallest absolute Gasteiger partial charge is 0.308 e. The van der Waals surface area contributed by atoms with Gasteiger partial charge in [-0.05, 0) is 32.7 Å². The van der Waals surface area contributed by atoms with Crippen LogP contribution >= 0.6 is 0 Å². The molecule has 0 bridgehead atoms. The Morgan fingerprint density at radius 2 is 2.12 bits per heavy atom. The van der Waals surface area contributed by atoms with Crippen LogP contribution in [0, 0.1) is 11.8 Å². The fourth-order valence-electron chi connectivity index (χ4n) is 2.81. The number of nitrogens with one attached hydrogen (secondary N) is 1. The Hall–Kier alpha value is -1.10. The van der Waals surface area contributed by atoms with Gasteiger partial charge in [0.15, 0.2) is 0 Å². The van der Waals surface area contributed by atoms with Crippen LogP contribution in [-0.2, 0) is 9.59 Å². The molecule has 5 nitrogen and oxygen atoms in total. The minimum atomic E-state index is -0.778. The van der Waals surface area contributed by atoms with Gasteiger partial charge in [-0.15, -0.1) is 0 Å². The molecule has 2 rings (SSSR count). The van der Waals surface area contributed by atoms with Crippen molar-refractivity contribution in [1.29, 1.82) is 0 Å². The molecule has 5 heteroatoms. The van der Waals surface area contributed by atoms with Crippen LogP contribution in [0.3, 0.4) is 0 Å². The Balaban J connectivity index is 1.97.